The molecule has 1 aromatic rings. The second kappa shape index (κ2) is 4.63. The summed E-state index contributed by atoms with van der Waals surface area (Å²) in [5.41, 5.74) is 1.40. The van der Waals surface area contributed by atoms with E-state index in [9.17, 15) is 0 Å². The van der Waals surface area contributed by atoms with Crippen molar-refractivity contribution in [3.63, 3.8) is 0 Å². The van der Waals surface area contributed by atoms with E-state index < -0.39 is 0 Å². The zero-order chi connectivity index (χ0) is 8.39. The first-order chi connectivity index (χ1) is 5.86. The summed E-state index contributed by atoms with van der Waals surface area (Å²) >= 11 is 0. The van der Waals surface area contributed by atoms with Gasteiger partial charge in [-0.1, -0.05) is 0 Å². The number of rotatable bonds is 1. The van der Waals surface area contributed by atoms with Gasteiger partial charge in [-0.2, -0.15) is 5.10 Å². The molecule has 0 unspecified atom stereocenters. The number of piperidine rings is 1. The molecule has 13 heavy (non-hydrogen) atoms. The van der Waals surface area contributed by atoms with Crippen LogP contribution in [-0.2, 0) is 7.05 Å². The highest BCUT2D eigenvalue weighted by Crippen LogP contribution is 2.23. The molecule has 0 saturated carbocycles. The molecular weight excluding hydrogens is 186 g/mol. The number of aryl methyl sites for hydroxylation is 1. The molecule has 0 spiro atoms. The molecule has 74 valence electrons. The molecule has 2 heterocycles. The summed E-state index contributed by atoms with van der Waals surface area (Å²) < 4.78 is 1.89. The highest BCUT2D eigenvalue weighted by Gasteiger charge is 2.15. The van der Waals surface area contributed by atoms with Crippen LogP contribution in [0.1, 0.15) is 24.3 Å². The van der Waals surface area contributed by atoms with Crippen LogP contribution in [-0.4, -0.2) is 22.9 Å². The summed E-state index contributed by atoms with van der Waals surface area (Å²) in [6, 6.07) is 0. The van der Waals surface area contributed by atoms with Crippen LogP contribution in [0.2, 0.25) is 0 Å². The van der Waals surface area contributed by atoms with Crippen LogP contribution in [0.15, 0.2) is 12.4 Å². The van der Waals surface area contributed by atoms with E-state index in [1.165, 1.54) is 18.4 Å². The Hall–Kier alpha value is -0.540. The fraction of sp³-hybridized carbons (Fsp3) is 0.667. The van der Waals surface area contributed by atoms with E-state index in [-0.39, 0.29) is 12.4 Å². The van der Waals surface area contributed by atoms with Gasteiger partial charge in [-0.15, -0.1) is 12.4 Å². The Labute approximate surface area is 84.9 Å². The van der Waals surface area contributed by atoms with E-state index in [4.69, 9.17) is 0 Å². The van der Waals surface area contributed by atoms with E-state index in [0.717, 1.165) is 19.0 Å². The topological polar surface area (TPSA) is 29.9 Å². The van der Waals surface area contributed by atoms with E-state index in [1.807, 2.05) is 17.9 Å². The number of aromatic nitrogens is 2. The third-order valence-electron chi connectivity index (χ3n) is 2.54. The van der Waals surface area contributed by atoms with Gasteiger partial charge in [0.05, 0.1) is 6.20 Å². The molecule has 0 aromatic carbocycles. The molecule has 0 amide bonds. The minimum atomic E-state index is 0. The third-order valence-corrected chi connectivity index (χ3v) is 2.54. The Morgan fingerprint density at radius 2 is 2.15 bits per heavy atom. The van der Waals surface area contributed by atoms with E-state index in [2.05, 4.69) is 16.6 Å². The number of halogens is 1. The molecule has 0 radical (unpaired) electrons. The molecule has 3 nitrogen and oxygen atoms in total. The van der Waals surface area contributed by atoms with Crippen LogP contribution in [0, 0.1) is 0 Å². The third kappa shape index (κ3) is 2.45. The van der Waals surface area contributed by atoms with Gasteiger partial charge in [-0.25, -0.2) is 0 Å². The van der Waals surface area contributed by atoms with Gasteiger partial charge in [0.15, 0.2) is 0 Å². The largest absolute Gasteiger partial charge is 0.317 e. The Balaban J connectivity index is 0.000000845. The Kier molecular flexibility index (Phi) is 3.75. The normalized spacial score (nSPS) is 18.2. The van der Waals surface area contributed by atoms with Gasteiger partial charge >= 0.3 is 0 Å². The van der Waals surface area contributed by atoms with Crippen LogP contribution in [0.3, 0.4) is 0 Å². The SMILES string of the molecule is Cl.Cn1cc(C2CCNCC2)cn1. The van der Waals surface area contributed by atoms with Crippen molar-refractivity contribution in [2.45, 2.75) is 18.8 Å². The number of nitrogens with zero attached hydrogens (tertiary/aromatic N) is 2. The number of hydrogen-bond donors (Lipinski definition) is 1. The Morgan fingerprint density at radius 1 is 1.46 bits per heavy atom. The monoisotopic (exact) mass is 201 g/mol. The molecule has 1 aromatic heterocycles. The molecule has 1 saturated heterocycles. The van der Waals surface area contributed by atoms with Gasteiger partial charge in [-0.05, 0) is 37.4 Å². The van der Waals surface area contributed by atoms with E-state index in [0.29, 0.717) is 0 Å². The second-order valence-corrected chi connectivity index (χ2v) is 3.47. The molecule has 4 heteroatoms. The van der Waals surface area contributed by atoms with Crippen LogP contribution in [0.5, 0.6) is 0 Å². The van der Waals surface area contributed by atoms with Crippen molar-refractivity contribution < 1.29 is 0 Å². The lowest BCUT2D eigenvalue weighted by Gasteiger charge is -2.21. The maximum atomic E-state index is 4.19. The lowest BCUT2D eigenvalue weighted by molar-refractivity contribution is 0.460. The molecular formula is C9H16ClN3. The highest BCUT2D eigenvalue weighted by atomic mass is 35.5. The minimum Gasteiger partial charge on any atom is -0.317 e. The quantitative estimate of drug-likeness (QED) is 0.743. The van der Waals surface area contributed by atoms with Crippen molar-refractivity contribution >= 4 is 12.4 Å². The van der Waals surface area contributed by atoms with E-state index >= 15 is 0 Å². The Morgan fingerprint density at radius 3 is 2.69 bits per heavy atom. The minimum absolute atomic E-state index is 0. The molecule has 1 N–H and O–H groups in total. The van der Waals surface area contributed by atoms with Crippen molar-refractivity contribution in [3.8, 4) is 0 Å². The van der Waals surface area contributed by atoms with Gasteiger partial charge in [0, 0.05) is 13.2 Å². The number of hydrogen-bond acceptors (Lipinski definition) is 2. The van der Waals surface area contributed by atoms with Crippen LogP contribution in [0.4, 0.5) is 0 Å². The molecule has 1 aliphatic rings. The lowest BCUT2D eigenvalue weighted by Crippen LogP contribution is -2.26. The van der Waals surface area contributed by atoms with Crippen molar-refractivity contribution in [1.29, 1.82) is 0 Å². The fourth-order valence-electron chi connectivity index (χ4n) is 1.81. The summed E-state index contributed by atoms with van der Waals surface area (Å²) in [6.07, 6.45) is 6.64. The average molecular weight is 202 g/mol. The summed E-state index contributed by atoms with van der Waals surface area (Å²) in [6.45, 7) is 2.30. The second-order valence-electron chi connectivity index (χ2n) is 3.47. The number of nitrogens with one attached hydrogen (secondary N) is 1. The maximum absolute atomic E-state index is 4.19. The van der Waals surface area contributed by atoms with Crippen molar-refractivity contribution in [2.75, 3.05) is 13.1 Å². The molecule has 0 bridgehead atoms. The molecule has 2 rings (SSSR count). The van der Waals surface area contributed by atoms with E-state index in [1.54, 1.807) is 0 Å². The van der Waals surface area contributed by atoms with Crippen LogP contribution in [0.25, 0.3) is 0 Å². The molecule has 0 aliphatic carbocycles. The lowest BCUT2D eigenvalue weighted by atomic mass is 9.93. The predicted molar refractivity (Wildman–Crippen MR) is 55.3 cm³/mol. The standard InChI is InChI=1S/C9H15N3.ClH/c1-12-7-9(6-11-12)8-2-4-10-5-3-8;/h6-8,10H,2-5H2,1H3;1H. The van der Waals surface area contributed by atoms with Gasteiger partial charge in [0.2, 0.25) is 0 Å². The summed E-state index contributed by atoms with van der Waals surface area (Å²) in [4.78, 5) is 0. The highest BCUT2D eigenvalue weighted by molar-refractivity contribution is 5.85. The fourth-order valence-corrected chi connectivity index (χ4v) is 1.81. The van der Waals surface area contributed by atoms with Gasteiger partial charge in [0.1, 0.15) is 0 Å². The first-order valence-electron chi connectivity index (χ1n) is 4.55. The van der Waals surface area contributed by atoms with Gasteiger partial charge in [-0.3, -0.25) is 4.68 Å². The first-order valence-corrected chi connectivity index (χ1v) is 4.55. The smallest absolute Gasteiger partial charge is 0.0524 e. The van der Waals surface area contributed by atoms with Crippen LogP contribution < -0.4 is 5.32 Å². The summed E-state index contributed by atoms with van der Waals surface area (Å²) in [5, 5.41) is 7.55. The summed E-state index contributed by atoms with van der Waals surface area (Å²) in [5.74, 6) is 0.736. The molecule has 1 aliphatic heterocycles. The average Bonchev–Trinajstić information content (AvgIpc) is 2.54. The van der Waals surface area contributed by atoms with Gasteiger partial charge < -0.3 is 5.32 Å². The van der Waals surface area contributed by atoms with Crippen LogP contribution >= 0.6 is 12.4 Å². The maximum Gasteiger partial charge on any atom is 0.0524 e. The Bertz CT molecular complexity index is 253. The van der Waals surface area contributed by atoms with Crippen molar-refractivity contribution in [3.05, 3.63) is 18.0 Å². The van der Waals surface area contributed by atoms with Crippen molar-refractivity contribution in [1.82, 2.24) is 15.1 Å². The molecule has 1 fully saturated rings. The van der Waals surface area contributed by atoms with Gasteiger partial charge in [0.25, 0.3) is 0 Å². The zero-order valence-electron chi connectivity index (χ0n) is 7.86. The molecule has 0 atom stereocenters. The first kappa shape index (κ1) is 10.5. The van der Waals surface area contributed by atoms with Crippen molar-refractivity contribution in [2.24, 2.45) is 7.05 Å². The zero-order valence-corrected chi connectivity index (χ0v) is 8.68. The predicted octanol–water partition coefficient (Wildman–Crippen LogP) is 1.31. The summed E-state index contributed by atoms with van der Waals surface area (Å²) in [7, 11) is 1.98.